The summed E-state index contributed by atoms with van der Waals surface area (Å²) < 4.78 is 26.6. The van der Waals surface area contributed by atoms with E-state index in [9.17, 15) is 9.59 Å². The standard InChI is InChI=1S/C25H24N2O7/c1-30-17-11-9-16(10-12-17)18-14-19(20-8-5-13-33-20)27(26-18)23(28)15-34-25(29)24-21(31-2)6-4-7-22(24)32-3/h4-13,19H,14-15H2,1-3H3. The van der Waals surface area contributed by atoms with Crippen molar-refractivity contribution in [3.63, 3.8) is 0 Å². The van der Waals surface area contributed by atoms with Crippen molar-refractivity contribution >= 4 is 17.6 Å². The molecule has 0 radical (unpaired) electrons. The second-order valence-corrected chi connectivity index (χ2v) is 7.36. The summed E-state index contributed by atoms with van der Waals surface area (Å²) in [5.74, 6) is 0.634. The molecule has 4 rings (SSSR count). The minimum absolute atomic E-state index is 0.103. The predicted octanol–water partition coefficient (Wildman–Crippen LogP) is 3.84. The Bertz CT molecular complexity index is 1160. The first-order valence-corrected chi connectivity index (χ1v) is 10.5. The van der Waals surface area contributed by atoms with Gasteiger partial charge in [-0.05, 0) is 54.1 Å². The van der Waals surface area contributed by atoms with E-state index in [-0.39, 0.29) is 17.1 Å². The van der Waals surface area contributed by atoms with E-state index in [1.165, 1.54) is 25.5 Å². The molecular weight excluding hydrogens is 440 g/mol. The highest BCUT2D eigenvalue weighted by molar-refractivity contribution is 6.03. The molecule has 0 spiro atoms. The van der Waals surface area contributed by atoms with Crippen molar-refractivity contribution in [1.29, 1.82) is 0 Å². The quantitative estimate of drug-likeness (QED) is 0.467. The van der Waals surface area contributed by atoms with E-state index < -0.39 is 24.5 Å². The van der Waals surface area contributed by atoms with Crippen LogP contribution < -0.4 is 14.2 Å². The second kappa shape index (κ2) is 10.1. The SMILES string of the molecule is COc1ccc(C2=NN(C(=O)COC(=O)c3c(OC)cccc3OC)C(c3ccco3)C2)cc1. The summed E-state index contributed by atoms with van der Waals surface area (Å²) in [6.07, 6.45) is 1.98. The average molecular weight is 464 g/mol. The summed E-state index contributed by atoms with van der Waals surface area (Å²) >= 11 is 0. The lowest BCUT2D eigenvalue weighted by atomic mass is 10.0. The van der Waals surface area contributed by atoms with E-state index in [4.69, 9.17) is 23.4 Å². The summed E-state index contributed by atoms with van der Waals surface area (Å²) in [7, 11) is 4.46. The maximum absolute atomic E-state index is 13.1. The largest absolute Gasteiger partial charge is 0.497 e. The summed E-state index contributed by atoms with van der Waals surface area (Å²) in [4.78, 5) is 25.9. The molecule has 1 amide bonds. The van der Waals surface area contributed by atoms with E-state index in [0.29, 0.717) is 17.9 Å². The molecule has 1 atom stereocenters. The van der Waals surface area contributed by atoms with Crippen LogP contribution in [0.25, 0.3) is 0 Å². The minimum Gasteiger partial charge on any atom is -0.497 e. The van der Waals surface area contributed by atoms with Crippen molar-refractivity contribution < 1.29 is 33.0 Å². The molecule has 0 fully saturated rings. The van der Waals surface area contributed by atoms with Gasteiger partial charge < -0.3 is 23.4 Å². The van der Waals surface area contributed by atoms with Crippen LogP contribution in [-0.4, -0.2) is 50.5 Å². The van der Waals surface area contributed by atoms with Crippen molar-refractivity contribution in [2.75, 3.05) is 27.9 Å². The topological polar surface area (TPSA) is 99.8 Å². The van der Waals surface area contributed by atoms with Gasteiger partial charge in [-0.15, -0.1) is 0 Å². The fraction of sp³-hybridized carbons (Fsp3) is 0.240. The molecule has 0 saturated carbocycles. The van der Waals surface area contributed by atoms with Crippen molar-refractivity contribution in [2.24, 2.45) is 5.10 Å². The zero-order chi connectivity index (χ0) is 24.1. The van der Waals surface area contributed by atoms with Crippen LogP contribution in [0.1, 0.15) is 34.1 Å². The smallest absolute Gasteiger partial charge is 0.346 e. The fourth-order valence-electron chi connectivity index (χ4n) is 3.72. The van der Waals surface area contributed by atoms with Crippen LogP contribution in [0.15, 0.2) is 70.4 Å². The van der Waals surface area contributed by atoms with Gasteiger partial charge >= 0.3 is 5.97 Å². The molecule has 0 saturated heterocycles. The first-order valence-electron chi connectivity index (χ1n) is 10.5. The van der Waals surface area contributed by atoms with Crippen LogP contribution in [0.2, 0.25) is 0 Å². The first kappa shape index (κ1) is 22.9. The minimum atomic E-state index is -0.740. The highest BCUT2D eigenvalue weighted by Crippen LogP contribution is 2.34. The average Bonchev–Trinajstić information content (AvgIpc) is 3.57. The van der Waals surface area contributed by atoms with E-state index >= 15 is 0 Å². The monoisotopic (exact) mass is 464 g/mol. The van der Waals surface area contributed by atoms with Gasteiger partial charge in [0.25, 0.3) is 5.91 Å². The maximum atomic E-state index is 13.1. The van der Waals surface area contributed by atoms with E-state index in [1.54, 1.807) is 37.4 Å². The summed E-state index contributed by atoms with van der Waals surface area (Å²) in [5, 5.41) is 5.82. The number of benzene rings is 2. The third-order valence-electron chi connectivity index (χ3n) is 5.42. The number of hydrogen-bond donors (Lipinski definition) is 0. The molecule has 2 heterocycles. The van der Waals surface area contributed by atoms with Crippen molar-refractivity contribution in [1.82, 2.24) is 5.01 Å². The fourth-order valence-corrected chi connectivity index (χ4v) is 3.72. The summed E-state index contributed by atoms with van der Waals surface area (Å²) in [6, 6.07) is 15.4. The van der Waals surface area contributed by atoms with Gasteiger partial charge in [-0.1, -0.05) is 6.07 Å². The van der Waals surface area contributed by atoms with Gasteiger partial charge in [0.1, 0.15) is 34.6 Å². The molecule has 34 heavy (non-hydrogen) atoms. The third-order valence-corrected chi connectivity index (χ3v) is 5.42. The number of esters is 1. The van der Waals surface area contributed by atoms with Crippen LogP contribution in [0.3, 0.4) is 0 Å². The molecule has 0 N–H and O–H groups in total. The number of amides is 1. The molecule has 3 aromatic rings. The molecule has 9 heteroatoms. The Hall–Kier alpha value is -4.27. The number of furan rings is 1. The Labute approximate surface area is 196 Å². The van der Waals surface area contributed by atoms with Crippen LogP contribution in [-0.2, 0) is 9.53 Å². The van der Waals surface area contributed by atoms with Gasteiger partial charge in [0, 0.05) is 6.42 Å². The Kier molecular flexibility index (Phi) is 6.82. The molecule has 1 aromatic heterocycles. The predicted molar refractivity (Wildman–Crippen MR) is 122 cm³/mol. The molecule has 0 aliphatic carbocycles. The molecule has 1 aliphatic rings. The van der Waals surface area contributed by atoms with Crippen molar-refractivity contribution in [2.45, 2.75) is 12.5 Å². The Morgan fingerprint density at radius 1 is 0.971 bits per heavy atom. The summed E-state index contributed by atoms with van der Waals surface area (Å²) in [6.45, 7) is -0.517. The van der Waals surface area contributed by atoms with Crippen LogP contribution in [0, 0.1) is 0 Å². The molecule has 1 unspecified atom stereocenters. The maximum Gasteiger partial charge on any atom is 0.346 e. The lowest BCUT2D eigenvalue weighted by molar-refractivity contribution is -0.136. The molecule has 2 aromatic carbocycles. The third kappa shape index (κ3) is 4.59. The van der Waals surface area contributed by atoms with Crippen molar-refractivity contribution in [3.8, 4) is 17.2 Å². The highest BCUT2D eigenvalue weighted by Gasteiger charge is 2.35. The van der Waals surface area contributed by atoms with Crippen molar-refractivity contribution in [3.05, 3.63) is 77.7 Å². The lowest BCUT2D eigenvalue weighted by Crippen LogP contribution is -2.31. The zero-order valence-electron chi connectivity index (χ0n) is 19.0. The number of carbonyl (C=O) groups excluding carboxylic acids is 2. The normalized spacial score (nSPS) is 15.0. The highest BCUT2D eigenvalue weighted by atomic mass is 16.5. The van der Waals surface area contributed by atoms with Gasteiger partial charge in [-0.3, -0.25) is 4.79 Å². The van der Waals surface area contributed by atoms with Crippen LogP contribution >= 0.6 is 0 Å². The Morgan fingerprint density at radius 3 is 2.26 bits per heavy atom. The van der Waals surface area contributed by atoms with Gasteiger partial charge in [0.2, 0.25) is 0 Å². The molecule has 9 nitrogen and oxygen atoms in total. The second-order valence-electron chi connectivity index (χ2n) is 7.36. The number of hydrogen-bond acceptors (Lipinski definition) is 8. The van der Waals surface area contributed by atoms with E-state index in [0.717, 1.165) is 11.3 Å². The van der Waals surface area contributed by atoms with E-state index in [2.05, 4.69) is 5.10 Å². The Balaban J connectivity index is 1.54. The number of ether oxygens (including phenoxy) is 4. The molecule has 0 bridgehead atoms. The van der Waals surface area contributed by atoms with Gasteiger partial charge in [0.05, 0.1) is 33.3 Å². The van der Waals surface area contributed by atoms with Crippen LogP contribution in [0.5, 0.6) is 17.2 Å². The van der Waals surface area contributed by atoms with Gasteiger partial charge in [-0.2, -0.15) is 5.10 Å². The number of nitrogens with zero attached hydrogens (tertiary/aromatic N) is 2. The van der Waals surface area contributed by atoms with Gasteiger partial charge in [0.15, 0.2) is 6.61 Å². The number of carbonyl (C=O) groups is 2. The lowest BCUT2D eigenvalue weighted by Gasteiger charge is -2.20. The zero-order valence-corrected chi connectivity index (χ0v) is 19.0. The number of rotatable bonds is 8. The molecule has 1 aliphatic heterocycles. The first-order chi connectivity index (χ1) is 16.5. The van der Waals surface area contributed by atoms with Gasteiger partial charge in [-0.25, -0.2) is 9.80 Å². The number of hydrazone groups is 1. The summed E-state index contributed by atoms with van der Waals surface area (Å²) in [5.41, 5.74) is 1.66. The van der Waals surface area contributed by atoms with Crippen LogP contribution in [0.4, 0.5) is 0 Å². The molecular formula is C25H24N2O7. The number of methoxy groups -OCH3 is 3. The molecule has 176 valence electrons. The Morgan fingerprint density at radius 2 is 1.68 bits per heavy atom. The van der Waals surface area contributed by atoms with E-state index in [1.807, 2.05) is 24.3 Å².